The zero-order valence-corrected chi connectivity index (χ0v) is 13.4. The summed E-state index contributed by atoms with van der Waals surface area (Å²) in [6.45, 7) is 5.42. The molecule has 0 aliphatic rings. The van der Waals surface area contributed by atoms with Gasteiger partial charge in [0, 0.05) is 17.8 Å². The van der Waals surface area contributed by atoms with E-state index in [2.05, 4.69) is 10.1 Å². The van der Waals surface area contributed by atoms with Crippen molar-refractivity contribution in [3.8, 4) is 0 Å². The summed E-state index contributed by atoms with van der Waals surface area (Å²) in [7, 11) is 3.97. The molecule has 6 nitrogen and oxygen atoms in total. The van der Waals surface area contributed by atoms with Gasteiger partial charge in [0.15, 0.2) is 5.65 Å². The first-order valence-electron chi connectivity index (χ1n) is 7.52. The lowest BCUT2D eigenvalue weighted by molar-refractivity contribution is 0.369. The van der Waals surface area contributed by atoms with Gasteiger partial charge in [-0.15, -0.1) is 5.10 Å². The molecule has 0 saturated carbocycles. The van der Waals surface area contributed by atoms with Crippen LogP contribution in [0.15, 0.2) is 29.1 Å². The highest BCUT2D eigenvalue weighted by Crippen LogP contribution is 2.20. The lowest BCUT2D eigenvalue weighted by Crippen LogP contribution is -2.28. The molecule has 116 valence electrons. The Morgan fingerprint density at radius 2 is 1.95 bits per heavy atom. The fourth-order valence-electron chi connectivity index (χ4n) is 2.55. The van der Waals surface area contributed by atoms with Crippen molar-refractivity contribution in [1.29, 1.82) is 0 Å². The predicted molar refractivity (Wildman–Crippen MR) is 87.4 cm³/mol. The number of hydrogen-bond donors (Lipinski definition) is 0. The summed E-state index contributed by atoms with van der Waals surface area (Å²) in [5, 5.41) is 5.47. The molecule has 0 spiro atoms. The van der Waals surface area contributed by atoms with Crippen LogP contribution < -0.4 is 5.69 Å². The van der Waals surface area contributed by atoms with E-state index in [9.17, 15) is 4.79 Å². The van der Waals surface area contributed by atoms with E-state index >= 15 is 0 Å². The Morgan fingerprint density at radius 3 is 2.64 bits per heavy atom. The van der Waals surface area contributed by atoms with Crippen LogP contribution in [0.4, 0.5) is 0 Å². The number of para-hydroxylation sites is 1. The molecule has 0 aliphatic carbocycles. The molecule has 0 N–H and O–H groups in total. The molecule has 6 heteroatoms. The standard InChI is InChI=1S/C16H21N5O/c1-11(2)14-17-13-8-6-5-7-12(13)15-18-20(10-9-19(3)4)16(22)21(14)15/h5-8,11H,9-10H2,1-4H3. The second kappa shape index (κ2) is 5.53. The molecule has 0 saturated heterocycles. The summed E-state index contributed by atoms with van der Waals surface area (Å²) < 4.78 is 3.19. The molecular weight excluding hydrogens is 278 g/mol. The molecule has 0 fully saturated rings. The summed E-state index contributed by atoms with van der Waals surface area (Å²) in [5.41, 5.74) is 1.46. The highest BCUT2D eigenvalue weighted by Gasteiger charge is 2.17. The highest BCUT2D eigenvalue weighted by atomic mass is 16.2. The van der Waals surface area contributed by atoms with Crippen LogP contribution in [0.5, 0.6) is 0 Å². The van der Waals surface area contributed by atoms with E-state index in [1.54, 1.807) is 4.40 Å². The number of likely N-dealkylation sites (N-methyl/N-ethyl adjacent to an activating group) is 1. The monoisotopic (exact) mass is 299 g/mol. The van der Waals surface area contributed by atoms with Crippen LogP contribution in [-0.4, -0.2) is 44.7 Å². The fourth-order valence-corrected chi connectivity index (χ4v) is 2.55. The maximum atomic E-state index is 12.7. The fraction of sp³-hybridized carbons (Fsp3) is 0.438. The van der Waals surface area contributed by atoms with E-state index in [4.69, 9.17) is 0 Å². The lowest BCUT2D eigenvalue weighted by Gasteiger charge is -2.08. The van der Waals surface area contributed by atoms with Crippen LogP contribution >= 0.6 is 0 Å². The van der Waals surface area contributed by atoms with Gasteiger partial charge in [-0.05, 0) is 26.2 Å². The summed E-state index contributed by atoms with van der Waals surface area (Å²) in [6, 6.07) is 7.83. The van der Waals surface area contributed by atoms with Crippen molar-refractivity contribution >= 4 is 16.6 Å². The molecule has 0 aliphatic heterocycles. The minimum Gasteiger partial charge on any atom is -0.308 e. The van der Waals surface area contributed by atoms with E-state index in [0.717, 1.165) is 23.3 Å². The van der Waals surface area contributed by atoms with Crippen molar-refractivity contribution in [2.45, 2.75) is 26.3 Å². The van der Waals surface area contributed by atoms with Crippen LogP contribution in [0, 0.1) is 0 Å². The zero-order chi connectivity index (χ0) is 15.9. The van der Waals surface area contributed by atoms with Gasteiger partial charge >= 0.3 is 5.69 Å². The third-order valence-corrected chi connectivity index (χ3v) is 3.72. The number of fused-ring (bicyclic) bond motifs is 3. The van der Waals surface area contributed by atoms with Crippen molar-refractivity contribution in [1.82, 2.24) is 24.1 Å². The maximum Gasteiger partial charge on any atom is 0.351 e. The quantitative estimate of drug-likeness (QED) is 0.736. The van der Waals surface area contributed by atoms with Crippen molar-refractivity contribution in [3.63, 3.8) is 0 Å². The van der Waals surface area contributed by atoms with Crippen molar-refractivity contribution in [3.05, 3.63) is 40.6 Å². The summed E-state index contributed by atoms with van der Waals surface area (Å²) in [4.78, 5) is 19.4. The number of nitrogens with zero attached hydrogens (tertiary/aromatic N) is 5. The Hall–Kier alpha value is -2.21. The lowest BCUT2D eigenvalue weighted by atomic mass is 10.2. The molecule has 2 aromatic heterocycles. The molecule has 0 bridgehead atoms. The Balaban J connectivity index is 2.31. The van der Waals surface area contributed by atoms with Crippen LogP contribution in [0.25, 0.3) is 16.6 Å². The van der Waals surface area contributed by atoms with Gasteiger partial charge in [0.05, 0.1) is 12.1 Å². The van der Waals surface area contributed by atoms with Gasteiger partial charge in [-0.3, -0.25) is 0 Å². The number of rotatable bonds is 4. The molecule has 3 rings (SSSR count). The molecule has 3 aromatic rings. The van der Waals surface area contributed by atoms with Crippen molar-refractivity contribution in [2.24, 2.45) is 0 Å². The average Bonchev–Trinajstić information content (AvgIpc) is 2.81. The van der Waals surface area contributed by atoms with Gasteiger partial charge in [-0.2, -0.15) is 0 Å². The molecule has 22 heavy (non-hydrogen) atoms. The maximum absolute atomic E-state index is 12.7. The minimum absolute atomic E-state index is 0.112. The molecule has 0 atom stereocenters. The molecular formula is C16H21N5O. The van der Waals surface area contributed by atoms with Crippen LogP contribution in [0.3, 0.4) is 0 Å². The average molecular weight is 299 g/mol. The second-order valence-electron chi connectivity index (χ2n) is 6.11. The first-order valence-corrected chi connectivity index (χ1v) is 7.52. The number of hydrogen-bond acceptors (Lipinski definition) is 4. The summed E-state index contributed by atoms with van der Waals surface area (Å²) >= 11 is 0. The van der Waals surface area contributed by atoms with Gasteiger partial charge in [-0.1, -0.05) is 26.0 Å². The third kappa shape index (κ3) is 2.39. The number of benzene rings is 1. The van der Waals surface area contributed by atoms with Crippen LogP contribution in [-0.2, 0) is 6.54 Å². The molecule has 0 unspecified atom stereocenters. The summed E-state index contributed by atoms with van der Waals surface area (Å²) in [6.07, 6.45) is 0. The number of aromatic nitrogens is 4. The van der Waals surface area contributed by atoms with Gasteiger partial charge in [-0.25, -0.2) is 18.9 Å². The second-order valence-corrected chi connectivity index (χ2v) is 6.11. The minimum atomic E-state index is -0.112. The van der Waals surface area contributed by atoms with E-state index in [1.165, 1.54) is 4.68 Å². The Morgan fingerprint density at radius 1 is 1.23 bits per heavy atom. The summed E-state index contributed by atoms with van der Waals surface area (Å²) in [5.74, 6) is 0.908. The topological polar surface area (TPSA) is 55.4 Å². The van der Waals surface area contributed by atoms with E-state index in [1.807, 2.05) is 57.1 Å². The van der Waals surface area contributed by atoms with Gasteiger partial charge in [0.2, 0.25) is 0 Å². The van der Waals surface area contributed by atoms with Crippen LogP contribution in [0.1, 0.15) is 25.6 Å². The van der Waals surface area contributed by atoms with Crippen LogP contribution in [0.2, 0.25) is 0 Å². The first kappa shape index (κ1) is 14.7. The zero-order valence-electron chi connectivity index (χ0n) is 13.4. The Labute approximate surface area is 129 Å². The van der Waals surface area contributed by atoms with Gasteiger partial charge in [0.1, 0.15) is 5.82 Å². The smallest absolute Gasteiger partial charge is 0.308 e. The third-order valence-electron chi connectivity index (χ3n) is 3.72. The van der Waals surface area contributed by atoms with E-state index in [-0.39, 0.29) is 11.6 Å². The Kier molecular flexibility index (Phi) is 3.70. The Bertz CT molecular complexity index is 875. The van der Waals surface area contributed by atoms with Gasteiger partial charge < -0.3 is 4.90 Å². The van der Waals surface area contributed by atoms with Crippen molar-refractivity contribution in [2.75, 3.05) is 20.6 Å². The molecule has 1 aromatic carbocycles. The molecule has 2 heterocycles. The normalized spacial score (nSPS) is 12.1. The first-order chi connectivity index (χ1) is 10.5. The van der Waals surface area contributed by atoms with Crippen molar-refractivity contribution < 1.29 is 0 Å². The molecule has 0 radical (unpaired) electrons. The van der Waals surface area contributed by atoms with E-state index in [0.29, 0.717) is 12.2 Å². The molecule has 0 amide bonds. The van der Waals surface area contributed by atoms with Gasteiger partial charge in [0.25, 0.3) is 0 Å². The SMILES string of the molecule is CC(C)c1nc2ccccc2c2nn(CCN(C)C)c(=O)n12. The predicted octanol–water partition coefficient (Wildman–Crippen LogP) is 1.73. The highest BCUT2D eigenvalue weighted by molar-refractivity contribution is 5.91. The van der Waals surface area contributed by atoms with E-state index < -0.39 is 0 Å². The largest absolute Gasteiger partial charge is 0.351 e.